The van der Waals surface area contributed by atoms with Crippen molar-refractivity contribution in [1.29, 1.82) is 0 Å². The van der Waals surface area contributed by atoms with Gasteiger partial charge in [0.25, 0.3) is 0 Å². The Labute approximate surface area is 160 Å². The lowest BCUT2D eigenvalue weighted by atomic mass is 10.1. The van der Waals surface area contributed by atoms with Crippen LogP contribution in [0, 0.1) is 13.8 Å². The van der Waals surface area contributed by atoms with Crippen LogP contribution in [-0.2, 0) is 9.59 Å². The fourth-order valence-electron chi connectivity index (χ4n) is 2.86. The lowest BCUT2D eigenvalue weighted by Crippen LogP contribution is -2.42. The Bertz CT molecular complexity index is 822. The molecule has 6 heteroatoms. The molecule has 0 saturated heterocycles. The molecule has 1 N–H and O–H groups in total. The summed E-state index contributed by atoms with van der Waals surface area (Å²) in [4.78, 5) is 25.9. The van der Waals surface area contributed by atoms with E-state index in [1.807, 2.05) is 69.6 Å². The summed E-state index contributed by atoms with van der Waals surface area (Å²) in [5, 5.41) is 7.39. The molecule has 1 aromatic heterocycles. The van der Waals surface area contributed by atoms with Crippen molar-refractivity contribution in [3.8, 4) is 5.69 Å². The Morgan fingerprint density at radius 3 is 2.48 bits per heavy atom. The second-order valence-electron chi connectivity index (χ2n) is 6.74. The van der Waals surface area contributed by atoms with E-state index in [0.29, 0.717) is 6.54 Å². The van der Waals surface area contributed by atoms with Crippen molar-refractivity contribution in [1.82, 2.24) is 20.0 Å². The molecule has 0 unspecified atom stereocenters. The zero-order valence-corrected chi connectivity index (χ0v) is 16.7. The molecule has 0 bridgehead atoms. The van der Waals surface area contributed by atoms with Crippen LogP contribution in [0.5, 0.6) is 0 Å². The molecule has 6 nitrogen and oxygen atoms in total. The Morgan fingerprint density at radius 1 is 1.22 bits per heavy atom. The minimum Gasteiger partial charge on any atom is -0.352 e. The monoisotopic (exact) mass is 368 g/mol. The van der Waals surface area contributed by atoms with Gasteiger partial charge in [-0.15, -0.1) is 0 Å². The third-order valence-electron chi connectivity index (χ3n) is 4.22. The first-order valence-corrected chi connectivity index (χ1v) is 9.21. The molecule has 2 rings (SSSR count). The number of carbonyl (C=O) groups is 2. The molecule has 0 fully saturated rings. The highest BCUT2D eigenvalue weighted by Gasteiger charge is 2.15. The molecule has 0 saturated carbocycles. The fraction of sp³-hybridized carbons (Fsp3) is 0.381. The van der Waals surface area contributed by atoms with E-state index in [1.54, 1.807) is 6.08 Å². The molecular formula is C21H28N4O2. The van der Waals surface area contributed by atoms with E-state index in [-0.39, 0.29) is 24.4 Å². The molecule has 144 valence electrons. The second kappa shape index (κ2) is 9.16. The summed E-state index contributed by atoms with van der Waals surface area (Å²) < 4.78 is 1.87. The third-order valence-corrected chi connectivity index (χ3v) is 4.22. The molecule has 2 amide bonds. The van der Waals surface area contributed by atoms with Gasteiger partial charge in [-0.2, -0.15) is 5.10 Å². The molecule has 0 radical (unpaired) electrons. The first kappa shape index (κ1) is 20.4. The molecule has 0 aliphatic carbocycles. The molecular weight excluding hydrogens is 340 g/mol. The molecule has 0 aliphatic heterocycles. The number of aromatic nitrogens is 2. The number of carbonyl (C=O) groups excluding carboxylic acids is 2. The maximum atomic E-state index is 12.5. The lowest BCUT2D eigenvalue weighted by Gasteiger charge is -2.19. The van der Waals surface area contributed by atoms with E-state index in [9.17, 15) is 9.59 Å². The number of benzene rings is 1. The number of amides is 2. The fourth-order valence-corrected chi connectivity index (χ4v) is 2.86. The van der Waals surface area contributed by atoms with Crippen molar-refractivity contribution in [3.63, 3.8) is 0 Å². The molecule has 1 heterocycles. The highest BCUT2D eigenvalue weighted by molar-refractivity contribution is 5.94. The van der Waals surface area contributed by atoms with Crippen LogP contribution in [-0.4, -0.2) is 45.6 Å². The van der Waals surface area contributed by atoms with Gasteiger partial charge in [0.15, 0.2) is 0 Å². The van der Waals surface area contributed by atoms with Crippen molar-refractivity contribution < 1.29 is 9.59 Å². The molecule has 1 aromatic carbocycles. The molecule has 0 spiro atoms. The second-order valence-corrected chi connectivity index (χ2v) is 6.74. The van der Waals surface area contributed by atoms with Crippen LogP contribution in [0.25, 0.3) is 11.8 Å². The van der Waals surface area contributed by atoms with E-state index in [1.165, 1.54) is 11.0 Å². The van der Waals surface area contributed by atoms with Crippen LogP contribution in [0.3, 0.4) is 0 Å². The van der Waals surface area contributed by atoms with Crippen molar-refractivity contribution in [2.75, 3.05) is 13.1 Å². The summed E-state index contributed by atoms with van der Waals surface area (Å²) in [6.45, 7) is 10.1. The van der Waals surface area contributed by atoms with Gasteiger partial charge in [0.2, 0.25) is 11.8 Å². The van der Waals surface area contributed by atoms with Crippen molar-refractivity contribution >= 4 is 17.9 Å². The van der Waals surface area contributed by atoms with Crippen LogP contribution in [0.2, 0.25) is 0 Å². The standard InChI is InChI=1S/C21H28N4O2/c1-6-24(14-20(26)22-15(2)3)21(27)13-12-19-16(4)23-25(17(19)5)18-10-8-7-9-11-18/h7-13,15H,6,14H2,1-5H3,(H,22,26)/b13-12+. The molecule has 0 aliphatic rings. The largest absolute Gasteiger partial charge is 0.352 e. The average molecular weight is 368 g/mol. The lowest BCUT2D eigenvalue weighted by molar-refractivity contribution is -0.132. The van der Waals surface area contributed by atoms with Crippen molar-refractivity contribution in [2.24, 2.45) is 0 Å². The highest BCUT2D eigenvalue weighted by Crippen LogP contribution is 2.19. The number of nitrogens with zero attached hydrogens (tertiary/aromatic N) is 3. The number of aryl methyl sites for hydroxylation is 1. The van der Waals surface area contributed by atoms with Gasteiger partial charge in [-0.1, -0.05) is 18.2 Å². The van der Waals surface area contributed by atoms with Gasteiger partial charge in [-0.25, -0.2) is 4.68 Å². The van der Waals surface area contributed by atoms with Gasteiger partial charge < -0.3 is 10.2 Å². The number of rotatable bonds is 7. The Morgan fingerprint density at radius 2 is 1.89 bits per heavy atom. The summed E-state index contributed by atoms with van der Waals surface area (Å²) in [5.41, 5.74) is 3.70. The SMILES string of the molecule is CCN(CC(=O)NC(C)C)C(=O)/C=C/c1c(C)nn(-c2ccccc2)c1C. The smallest absolute Gasteiger partial charge is 0.247 e. The Kier molecular flexibility index (Phi) is 6.93. The van der Waals surface area contributed by atoms with Gasteiger partial charge in [0.1, 0.15) is 0 Å². The van der Waals surface area contributed by atoms with E-state index in [2.05, 4.69) is 10.4 Å². The minimum atomic E-state index is -0.192. The summed E-state index contributed by atoms with van der Waals surface area (Å²) in [7, 11) is 0. The quantitative estimate of drug-likeness (QED) is 0.764. The zero-order valence-electron chi connectivity index (χ0n) is 16.7. The van der Waals surface area contributed by atoms with Gasteiger partial charge in [-0.05, 0) is 52.8 Å². The van der Waals surface area contributed by atoms with Gasteiger partial charge >= 0.3 is 0 Å². The van der Waals surface area contributed by atoms with E-state index < -0.39 is 0 Å². The Hall–Kier alpha value is -2.89. The maximum Gasteiger partial charge on any atom is 0.247 e. The van der Waals surface area contributed by atoms with E-state index in [4.69, 9.17) is 0 Å². The first-order chi connectivity index (χ1) is 12.8. The topological polar surface area (TPSA) is 67.2 Å². The molecule has 27 heavy (non-hydrogen) atoms. The normalized spacial score (nSPS) is 11.2. The van der Waals surface area contributed by atoms with E-state index in [0.717, 1.165) is 22.6 Å². The number of para-hydroxylation sites is 1. The van der Waals surface area contributed by atoms with Gasteiger partial charge in [0, 0.05) is 29.9 Å². The number of nitrogens with one attached hydrogen (secondary N) is 1. The maximum absolute atomic E-state index is 12.5. The van der Waals surface area contributed by atoms with Gasteiger partial charge in [0.05, 0.1) is 17.9 Å². The van der Waals surface area contributed by atoms with E-state index >= 15 is 0 Å². The number of hydrogen-bond acceptors (Lipinski definition) is 3. The van der Waals surface area contributed by atoms with Gasteiger partial charge in [-0.3, -0.25) is 9.59 Å². The summed E-state index contributed by atoms with van der Waals surface area (Å²) in [6, 6.07) is 9.92. The summed E-state index contributed by atoms with van der Waals surface area (Å²) in [6.07, 6.45) is 3.29. The van der Waals surface area contributed by atoms with Crippen LogP contribution >= 0.6 is 0 Å². The van der Waals surface area contributed by atoms with Crippen LogP contribution < -0.4 is 5.32 Å². The van der Waals surface area contributed by atoms with Crippen LogP contribution in [0.4, 0.5) is 0 Å². The Balaban J connectivity index is 2.16. The number of hydrogen-bond donors (Lipinski definition) is 1. The first-order valence-electron chi connectivity index (χ1n) is 9.21. The molecule has 0 atom stereocenters. The average Bonchev–Trinajstić information content (AvgIpc) is 2.91. The third kappa shape index (κ3) is 5.29. The summed E-state index contributed by atoms with van der Waals surface area (Å²) in [5.74, 6) is -0.347. The summed E-state index contributed by atoms with van der Waals surface area (Å²) >= 11 is 0. The van der Waals surface area contributed by atoms with Crippen molar-refractivity contribution in [3.05, 3.63) is 53.4 Å². The number of likely N-dealkylation sites (N-methyl/N-ethyl adjacent to an activating group) is 1. The highest BCUT2D eigenvalue weighted by atomic mass is 16.2. The molecule has 2 aromatic rings. The van der Waals surface area contributed by atoms with Crippen LogP contribution in [0.1, 0.15) is 37.7 Å². The predicted molar refractivity (Wildman–Crippen MR) is 108 cm³/mol. The minimum absolute atomic E-state index is 0.0518. The van der Waals surface area contributed by atoms with Crippen LogP contribution in [0.15, 0.2) is 36.4 Å². The predicted octanol–water partition coefficient (Wildman–Crippen LogP) is 2.88. The zero-order chi connectivity index (χ0) is 20.0. The van der Waals surface area contributed by atoms with Crippen molar-refractivity contribution in [2.45, 2.75) is 40.7 Å².